The van der Waals surface area contributed by atoms with E-state index in [9.17, 15) is 4.79 Å². The van der Waals surface area contributed by atoms with Crippen LogP contribution in [0.5, 0.6) is 0 Å². The quantitative estimate of drug-likeness (QED) is 0.787. The third-order valence-electron chi connectivity index (χ3n) is 4.88. The van der Waals surface area contributed by atoms with E-state index in [0.29, 0.717) is 5.57 Å². The van der Waals surface area contributed by atoms with Gasteiger partial charge in [0.15, 0.2) is 0 Å². The molecule has 1 aromatic carbocycles. The molecule has 1 spiro atoms. The SMILES string of the molecule is CON1CCC2(C=C(c3cc(C)c(C)cc3C)C(=O)O2)CC1. The lowest BCUT2D eigenvalue weighted by molar-refractivity contribution is -0.177. The van der Waals surface area contributed by atoms with Crippen LogP contribution in [0.1, 0.15) is 35.1 Å². The number of hydrogen-bond donors (Lipinski definition) is 0. The highest BCUT2D eigenvalue weighted by atomic mass is 16.7. The fourth-order valence-corrected chi connectivity index (χ4v) is 3.32. The standard InChI is InChI=1S/C18H23NO3/c1-12-9-14(3)15(10-13(12)2)16-11-18(22-17(16)20)5-7-19(21-4)8-6-18/h9-11H,5-8H2,1-4H3. The van der Waals surface area contributed by atoms with Crippen LogP contribution in [0.3, 0.4) is 0 Å². The Kier molecular flexibility index (Phi) is 3.83. The molecule has 22 heavy (non-hydrogen) atoms. The maximum absolute atomic E-state index is 12.4. The Hall–Kier alpha value is -1.65. The van der Waals surface area contributed by atoms with Crippen LogP contribution in [0, 0.1) is 20.8 Å². The summed E-state index contributed by atoms with van der Waals surface area (Å²) in [6, 6.07) is 4.23. The maximum atomic E-state index is 12.4. The van der Waals surface area contributed by atoms with Gasteiger partial charge in [0.25, 0.3) is 0 Å². The van der Waals surface area contributed by atoms with Crippen molar-refractivity contribution in [1.29, 1.82) is 0 Å². The molecule has 3 rings (SSSR count). The van der Waals surface area contributed by atoms with Gasteiger partial charge >= 0.3 is 5.97 Å². The Morgan fingerprint density at radius 1 is 1.09 bits per heavy atom. The highest BCUT2D eigenvalue weighted by Gasteiger charge is 2.43. The van der Waals surface area contributed by atoms with Gasteiger partial charge in [-0.2, -0.15) is 5.06 Å². The van der Waals surface area contributed by atoms with Crippen LogP contribution in [0.25, 0.3) is 5.57 Å². The van der Waals surface area contributed by atoms with Gasteiger partial charge in [-0.05, 0) is 49.1 Å². The van der Waals surface area contributed by atoms with Crippen molar-refractivity contribution in [3.63, 3.8) is 0 Å². The molecular weight excluding hydrogens is 278 g/mol. The molecule has 0 bridgehead atoms. The van der Waals surface area contributed by atoms with Gasteiger partial charge in [-0.15, -0.1) is 0 Å². The minimum atomic E-state index is -0.452. The topological polar surface area (TPSA) is 38.8 Å². The van der Waals surface area contributed by atoms with Gasteiger partial charge in [0.05, 0.1) is 12.7 Å². The summed E-state index contributed by atoms with van der Waals surface area (Å²) < 4.78 is 5.76. The molecule has 1 fully saturated rings. The van der Waals surface area contributed by atoms with E-state index in [2.05, 4.69) is 32.9 Å². The molecule has 2 aliphatic heterocycles. The fraction of sp³-hybridized carbons (Fsp3) is 0.500. The number of aryl methyl sites for hydroxylation is 3. The van der Waals surface area contributed by atoms with E-state index >= 15 is 0 Å². The lowest BCUT2D eigenvalue weighted by atomic mass is 9.89. The highest BCUT2D eigenvalue weighted by Crippen LogP contribution is 2.39. The number of piperidine rings is 1. The Morgan fingerprint density at radius 2 is 1.73 bits per heavy atom. The second kappa shape index (κ2) is 5.52. The highest BCUT2D eigenvalue weighted by molar-refractivity contribution is 6.19. The van der Waals surface area contributed by atoms with Gasteiger partial charge < -0.3 is 9.57 Å². The molecule has 1 saturated heterocycles. The van der Waals surface area contributed by atoms with Crippen LogP contribution in [0.2, 0.25) is 0 Å². The number of rotatable bonds is 2. The van der Waals surface area contributed by atoms with Gasteiger partial charge in [-0.25, -0.2) is 4.79 Å². The summed E-state index contributed by atoms with van der Waals surface area (Å²) in [5, 5.41) is 1.91. The van der Waals surface area contributed by atoms with E-state index < -0.39 is 5.60 Å². The summed E-state index contributed by atoms with van der Waals surface area (Å²) in [7, 11) is 1.68. The zero-order valence-corrected chi connectivity index (χ0v) is 13.7. The number of carbonyl (C=O) groups excluding carboxylic acids is 1. The summed E-state index contributed by atoms with van der Waals surface area (Å²) in [5.41, 5.74) is 4.83. The summed E-state index contributed by atoms with van der Waals surface area (Å²) in [5.74, 6) is -0.197. The van der Waals surface area contributed by atoms with E-state index in [4.69, 9.17) is 9.57 Å². The van der Waals surface area contributed by atoms with Crippen LogP contribution in [-0.4, -0.2) is 36.8 Å². The Morgan fingerprint density at radius 3 is 2.36 bits per heavy atom. The number of ether oxygens (including phenoxy) is 1. The smallest absolute Gasteiger partial charge is 0.339 e. The van der Waals surface area contributed by atoms with Crippen molar-refractivity contribution < 1.29 is 14.4 Å². The van der Waals surface area contributed by atoms with Crippen molar-refractivity contribution in [1.82, 2.24) is 5.06 Å². The Labute approximate surface area is 131 Å². The van der Waals surface area contributed by atoms with Crippen LogP contribution < -0.4 is 0 Å². The first-order chi connectivity index (χ1) is 10.4. The van der Waals surface area contributed by atoms with Crippen molar-refractivity contribution in [2.24, 2.45) is 0 Å². The second-order valence-corrected chi connectivity index (χ2v) is 6.38. The van der Waals surface area contributed by atoms with Crippen LogP contribution in [0.4, 0.5) is 0 Å². The van der Waals surface area contributed by atoms with E-state index in [-0.39, 0.29) is 5.97 Å². The number of hydroxylamine groups is 2. The van der Waals surface area contributed by atoms with Crippen LogP contribution in [-0.2, 0) is 14.4 Å². The number of benzene rings is 1. The summed E-state index contributed by atoms with van der Waals surface area (Å²) >= 11 is 0. The first-order valence-corrected chi connectivity index (χ1v) is 7.77. The minimum absolute atomic E-state index is 0.197. The van der Waals surface area contributed by atoms with Gasteiger partial charge in [0.2, 0.25) is 0 Å². The minimum Gasteiger partial charge on any atom is -0.451 e. The monoisotopic (exact) mass is 301 g/mol. The number of esters is 1. The lowest BCUT2D eigenvalue weighted by Gasteiger charge is -2.35. The molecule has 0 saturated carbocycles. The van der Waals surface area contributed by atoms with Gasteiger partial charge in [0, 0.05) is 25.9 Å². The van der Waals surface area contributed by atoms with E-state index in [1.807, 2.05) is 11.1 Å². The molecule has 0 radical (unpaired) electrons. The molecule has 4 nitrogen and oxygen atoms in total. The van der Waals surface area contributed by atoms with Crippen molar-refractivity contribution in [2.45, 2.75) is 39.2 Å². The van der Waals surface area contributed by atoms with Crippen molar-refractivity contribution in [3.05, 3.63) is 40.5 Å². The first kappa shape index (κ1) is 15.3. The third kappa shape index (κ3) is 2.57. The molecule has 118 valence electrons. The van der Waals surface area contributed by atoms with E-state index in [1.165, 1.54) is 11.1 Å². The second-order valence-electron chi connectivity index (χ2n) is 6.38. The molecule has 4 heteroatoms. The molecule has 2 aliphatic rings. The molecule has 0 N–H and O–H groups in total. The normalized spacial score (nSPS) is 21.1. The van der Waals surface area contributed by atoms with Crippen LogP contribution in [0.15, 0.2) is 18.2 Å². The van der Waals surface area contributed by atoms with E-state index in [0.717, 1.165) is 37.1 Å². The first-order valence-electron chi connectivity index (χ1n) is 7.77. The molecule has 0 aliphatic carbocycles. The molecule has 2 heterocycles. The Balaban J connectivity index is 1.93. The van der Waals surface area contributed by atoms with Crippen molar-refractivity contribution in [2.75, 3.05) is 20.2 Å². The largest absolute Gasteiger partial charge is 0.451 e. The molecule has 1 aromatic rings. The summed E-state index contributed by atoms with van der Waals surface area (Å²) in [6.45, 7) is 7.77. The molecule has 0 atom stereocenters. The summed E-state index contributed by atoms with van der Waals surface area (Å²) in [4.78, 5) is 17.7. The number of carbonyl (C=O) groups is 1. The van der Waals surface area contributed by atoms with E-state index in [1.54, 1.807) is 7.11 Å². The van der Waals surface area contributed by atoms with Gasteiger partial charge in [-0.1, -0.05) is 12.1 Å². The van der Waals surface area contributed by atoms with Gasteiger partial charge in [0.1, 0.15) is 5.60 Å². The van der Waals surface area contributed by atoms with Gasteiger partial charge in [-0.3, -0.25) is 0 Å². The third-order valence-corrected chi connectivity index (χ3v) is 4.88. The average molecular weight is 301 g/mol. The number of nitrogens with zero attached hydrogens (tertiary/aromatic N) is 1. The fourth-order valence-electron chi connectivity index (χ4n) is 3.32. The van der Waals surface area contributed by atoms with Crippen LogP contribution >= 0.6 is 0 Å². The maximum Gasteiger partial charge on any atom is 0.339 e. The predicted molar refractivity (Wildman–Crippen MR) is 85.3 cm³/mol. The molecular formula is C18H23NO3. The lowest BCUT2D eigenvalue weighted by Crippen LogP contribution is -2.43. The predicted octanol–water partition coefficient (Wildman–Crippen LogP) is 2.95. The molecule has 0 aromatic heterocycles. The zero-order valence-electron chi connectivity index (χ0n) is 13.7. The zero-order chi connectivity index (χ0) is 15.9. The Bertz CT molecular complexity index is 640. The summed E-state index contributed by atoms with van der Waals surface area (Å²) in [6.07, 6.45) is 3.60. The van der Waals surface area contributed by atoms with Crippen molar-refractivity contribution in [3.8, 4) is 0 Å². The molecule has 0 unspecified atom stereocenters. The molecule has 0 amide bonds. The van der Waals surface area contributed by atoms with Crippen molar-refractivity contribution >= 4 is 11.5 Å². The number of hydrogen-bond acceptors (Lipinski definition) is 4. The average Bonchev–Trinajstić information content (AvgIpc) is 2.80.